The summed E-state index contributed by atoms with van der Waals surface area (Å²) in [6.45, 7) is 11.4. The van der Waals surface area contributed by atoms with Crippen molar-refractivity contribution in [2.45, 2.75) is 59.9 Å². The SMILES string of the molecule is Cc1cc(C)c(C(NN)C2CC(C)CC(C)C2)c(C)c1. The molecule has 1 aromatic carbocycles. The average molecular weight is 274 g/mol. The zero-order chi connectivity index (χ0) is 14.9. The number of benzene rings is 1. The molecule has 1 aliphatic rings. The number of hydrogen-bond donors (Lipinski definition) is 2. The molecule has 3 unspecified atom stereocenters. The lowest BCUT2D eigenvalue weighted by molar-refractivity contribution is 0.176. The van der Waals surface area contributed by atoms with Gasteiger partial charge >= 0.3 is 0 Å². The first-order valence-corrected chi connectivity index (χ1v) is 7.96. The van der Waals surface area contributed by atoms with Crippen molar-refractivity contribution >= 4 is 0 Å². The van der Waals surface area contributed by atoms with Gasteiger partial charge in [-0.2, -0.15) is 0 Å². The molecule has 0 radical (unpaired) electrons. The van der Waals surface area contributed by atoms with Crippen molar-refractivity contribution in [1.82, 2.24) is 5.43 Å². The Kier molecular flexibility index (Phi) is 4.87. The molecular weight excluding hydrogens is 244 g/mol. The van der Waals surface area contributed by atoms with Crippen LogP contribution in [0.25, 0.3) is 0 Å². The Bertz CT molecular complexity index is 433. The van der Waals surface area contributed by atoms with Gasteiger partial charge in [-0.15, -0.1) is 0 Å². The Hall–Kier alpha value is -0.860. The zero-order valence-corrected chi connectivity index (χ0v) is 13.7. The highest BCUT2D eigenvalue weighted by atomic mass is 15.2. The van der Waals surface area contributed by atoms with Gasteiger partial charge < -0.3 is 0 Å². The van der Waals surface area contributed by atoms with Crippen molar-refractivity contribution in [1.29, 1.82) is 0 Å². The fourth-order valence-electron chi connectivity index (χ4n) is 4.42. The standard InChI is InChI=1S/C18H30N2/c1-11-6-12(2)10-16(9-11)18(20-19)17-14(4)7-13(3)8-15(17)5/h7-8,11-12,16,18,20H,6,9-10,19H2,1-5H3. The monoisotopic (exact) mass is 274 g/mol. The van der Waals surface area contributed by atoms with E-state index < -0.39 is 0 Å². The van der Waals surface area contributed by atoms with Gasteiger partial charge in [0, 0.05) is 6.04 Å². The van der Waals surface area contributed by atoms with Crippen molar-refractivity contribution in [3.63, 3.8) is 0 Å². The van der Waals surface area contributed by atoms with E-state index >= 15 is 0 Å². The van der Waals surface area contributed by atoms with E-state index in [2.05, 4.69) is 52.2 Å². The van der Waals surface area contributed by atoms with Gasteiger partial charge in [0.1, 0.15) is 0 Å². The minimum absolute atomic E-state index is 0.292. The molecule has 1 saturated carbocycles. The summed E-state index contributed by atoms with van der Waals surface area (Å²) in [5.41, 5.74) is 8.63. The average Bonchev–Trinajstić information content (AvgIpc) is 2.32. The van der Waals surface area contributed by atoms with Crippen LogP contribution in [0, 0.1) is 38.5 Å². The van der Waals surface area contributed by atoms with Gasteiger partial charge in [0.25, 0.3) is 0 Å². The first-order chi connectivity index (χ1) is 9.42. The lowest BCUT2D eigenvalue weighted by Gasteiger charge is -2.37. The molecule has 0 aromatic heterocycles. The van der Waals surface area contributed by atoms with Gasteiger partial charge in [-0.3, -0.25) is 11.3 Å². The minimum atomic E-state index is 0.292. The van der Waals surface area contributed by atoms with Crippen LogP contribution in [0.1, 0.15) is 61.4 Å². The van der Waals surface area contributed by atoms with Gasteiger partial charge in [0.05, 0.1) is 0 Å². The number of hydrazine groups is 1. The van der Waals surface area contributed by atoms with E-state index in [9.17, 15) is 0 Å². The van der Waals surface area contributed by atoms with E-state index in [-0.39, 0.29) is 0 Å². The van der Waals surface area contributed by atoms with Crippen LogP contribution < -0.4 is 11.3 Å². The molecule has 112 valence electrons. The van der Waals surface area contributed by atoms with Crippen molar-refractivity contribution < 1.29 is 0 Å². The Morgan fingerprint density at radius 3 is 1.95 bits per heavy atom. The van der Waals surface area contributed by atoms with Crippen LogP contribution in [0.4, 0.5) is 0 Å². The third kappa shape index (κ3) is 3.24. The van der Waals surface area contributed by atoms with Crippen LogP contribution in [0.5, 0.6) is 0 Å². The Labute approximate surface area is 124 Å². The summed E-state index contributed by atoms with van der Waals surface area (Å²) in [4.78, 5) is 0. The Morgan fingerprint density at radius 2 is 1.50 bits per heavy atom. The van der Waals surface area contributed by atoms with Crippen LogP contribution >= 0.6 is 0 Å². The van der Waals surface area contributed by atoms with Gasteiger partial charge in [-0.05, 0) is 74.5 Å². The lowest BCUT2D eigenvalue weighted by Crippen LogP contribution is -2.37. The summed E-state index contributed by atoms with van der Waals surface area (Å²) in [6, 6.07) is 4.85. The van der Waals surface area contributed by atoms with E-state index in [4.69, 9.17) is 5.84 Å². The molecule has 0 heterocycles. The topological polar surface area (TPSA) is 38.0 Å². The van der Waals surface area contributed by atoms with Crippen LogP contribution in [0.15, 0.2) is 12.1 Å². The zero-order valence-electron chi connectivity index (χ0n) is 13.7. The molecule has 1 aromatic rings. The Morgan fingerprint density at radius 1 is 1.00 bits per heavy atom. The van der Waals surface area contributed by atoms with E-state index in [0.29, 0.717) is 12.0 Å². The predicted octanol–water partition coefficient (Wildman–Crippen LogP) is 4.19. The van der Waals surface area contributed by atoms with E-state index in [1.165, 1.54) is 41.5 Å². The summed E-state index contributed by atoms with van der Waals surface area (Å²) >= 11 is 0. The highest BCUT2D eigenvalue weighted by molar-refractivity contribution is 5.40. The first kappa shape index (κ1) is 15.5. The second-order valence-corrected chi connectivity index (χ2v) is 7.13. The van der Waals surface area contributed by atoms with Gasteiger partial charge in [0.2, 0.25) is 0 Å². The maximum absolute atomic E-state index is 5.95. The molecule has 2 nitrogen and oxygen atoms in total. The van der Waals surface area contributed by atoms with Crippen LogP contribution in [0.2, 0.25) is 0 Å². The fraction of sp³-hybridized carbons (Fsp3) is 0.667. The van der Waals surface area contributed by atoms with Gasteiger partial charge in [-0.1, -0.05) is 31.5 Å². The van der Waals surface area contributed by atoms with Crippen molar-refractivity contribution in [2.24, 2.45) is 23.6 Å². The summed E-state index contributed by atoms with van der Waals surface area (Å²) in [5.74, 6) is 8.23. The Balaban J connectivity index is 2.33. The normalized spacial score (nSPS) is 28.4. The summed E-state index contributed by atoms with van der Waals surface area (Å²) < 4.78 is 0. The van der Waals surface area contributed by atoms with Gasteiger partial charge in [0.15, 0.2) is 0 Å². The highest BCUT2D eigenvalue weighted by Crippen LogP contribution is 2.41. The molecule has 3 N–H and O–H groups in total. The number of rotatable bonds is 3. The smallest absolute Gasteiger partial charge is 0.0493 e. The fourth-order valence-corrected chi connectivity index (χ4v) is 4.42. The number of hydrogen-bond acceptors (Lipinski definition) is 2. The maximum atomic E-state index is 5.95. The quantitative estimate of drug-likeness (QED) is 0.640. The molecule has 1 aliphatic carbocycles. The molecule has 0 bridgehead atoms. The predicted molar refractivity (Wildman–Crippen MR) is 86.4 cm³/mol. The molecule has 0 saturated heterocycles. The minimum Gasteiger partial charge on any atom is -0.271 e. The number of nitrogens with two attached hydrogens (primary N) is 1. The van der Waals surface area contributed by atoms with Crippen molar-refractivity contribution in [2.75, 3.05) is 0 Å². The molecule has 3 atom stereocenters. The second-order valence-electron chi connectivity index (χ2n) is 7.13. The van der Waals surface area contributed by atoms with Crippen LogP contribution in [-0.4, -0.2) is 0 Å². The summed E-state index contributed by atoms with van der Waals surface area (Å²) in [5, 5.41) is 0. The molecule has 2 rings (SSSR count). The lowest BCUT2D eigenvalue weighted by atomic mass is 9.71. The molecule has 0 spiro atoms. The molecule has 0 amide bonds. The molecule has 0 aliphatic heterocycles. The summed E-state index contributed by atoms with van der Waals surface area (Å²) in [7, 11) is 0. The highest BCUT2D eigenvalue weighted by Gasteiger charge is 2.31. The van der Waals surface area contributed by atoms with Crippen molar-refractivity contribution in [3.05, 3.63) is 34.4 Å². The van der Waals surface area contributed by atoms with E-state index in [0.717, 1.165) is 11.8 Å². The molecular formula is C18H30N2. The third-order valence-corrected chi connectivity index (χ3v) is 4.91. The molecule has 20 heavy (non-hydrogen) atoms. The first-order valence-electron chi connectivity index (χ1n) is 7.96. The second kappa shape index (κ2) is 6.28. The van der Waals surface area contributed by atoms with Crippen LogP contribution in [-0.2, 0) is 0 Å². The number of nitrogens with one attached hydrogen (secondary N) is 1. The van der Waals surface area contributed by atoms with E-state index in [1.54, 1.807) is 0 Å². The largest absolute Gasteiger partial charge is 0.271 e. The van der Waals surface area contributed by atoms with Gasteiger partial charge in [-0.25, -0.2) is 0 Å². The molecule has 1 fully saturated rings. The third-order valence-electron chi connectivity index (χ3n) is 4.91. The van der Waals surface area contributed by atoms with Crippen LogP contribution in [0.3, 0.4) is 0 Å². The number of aryl methyl sites for hydroxylation is 3. The maximum Gasteiger partial charge on any atom is 0.0493 e. The van der Waals surface area contributed by atoms with E-state index in [1.807, 2.05) is 0 Å². The molecule has 2 heteroatoms. The summed E-state index contributed by atoms with van der Waals surface area (Å²) in [6.07, 6.45) is 3.93. The van der Waals surface area contributed by atoms with Crippen molar-refractivity contribution in [3.8, 4) is 0 Å².